The average Bonchev–Trinajstić information content (AvgIpc) is 2.73. The van der Waals surface area contributed by atoms with Gasteiger partial charge in [-0.15, -0.1) is 11.3 Å². The summed E-state index contributed by atoms with van der Waals surface area (Å²) in [5, 5.41) is 0.503. The van der Waals surface area contributed by atoms with E-state index in [9.17, 15) is 4.79 Å². The van der Waals surface area contributed by atoms with Crippen molar-refractivity contribution >= 4 is 38.3 Å². The van der Waals surface area contributed by atoms with E-state index in [1.165, 1.54) is 11.3 Å². The standard InChI is InChI=1S/C13H13ClO3S/c1-3-16-9-5-8-6-12(13(14)15)18-11(8)7-10(9)17-4-2/h5-7H,3-4H2,1-2H3. The molecule has 0 saturated heterocycles. The molecule has 0 bridgehead atoms. The van der Waals surface area contributed by atoms with Crippen LogP contribution in [0.1, 0.15) is 23.5 Å². The van der Waals surface area contributed by atoms with Crippen LogP contribution in [0.5, 0.6) is 11.5 Å². The maximum absolute atomic E-state index is 11.1. The Morgan fingerprint density at radius 1 is 1.17 bits per heavy atom. The number of rotatable bonds is 5. The highest BCUT2D eigenvalue weighted by Crippen LogP contribution is 2.37. The van der Waals surface area contributed by atoms with Crippen LogP contribution >= 0.6 is 22.9 Å². The van der Waals surface area contributed by atoms with Gasteiger partial charge in [0.1, 0.15) is 0 Å². The zero-order valence-corrected chi connectivity index (χ0v) is 11.7. The van der Waals surface area contributed by atoms with E-state index in [-0.39, 0.29) is 0 Å². The number of carbonyl (C=O) groups excluding carboxylic acids is 1. The topological polar surface area (TPSA) is 35.5 Å². The minimum absolute atomic E-state index is 0.438. The summed E-state index contributed by atoms with van der Waals surface area (Å²) in [5.41, 5.74) is 0. The van der Waals surface area contributed by atoms with Crippen molar-refractivity contribution in [3.8, 4) is 11.5 Å². The number of hydrogen-bond acceptors (Lipinski definition) is 4. The molecule has 0 unspecified atom stereocenters. The molecule has 96 valence electrons. The first kappa shape index (κ1) is 13.2. The molecule has 0 spiro atoms. The number of benzene rings is 1. The van der Waals surface area contributed by atoms with Gasteiger partial charge < -0.3 is 9.47 Å². The second kappa shape index (κ2) is 5.59. The minimum atomic E-state index is -0.438. The van der Waals surface area contributed by atoms with Crippen molar-refractivity contribution in [2.45, 2.75) is 13.8 Å². The third-order valence-electron chi connectivity index (χ3n) is 2.38. The number of fused-ring (bicyclic) bond motifs is 1. The molecule has 0 saturated carbocycles. The monoisotopic (exact) mass is 284 g/mol. The van der Waals surface area contributed by atoms with Crippen LogP contribution in [0, 0.1) is 0 Å². The van der Waals surface area contributed by atoms with E-state index in [1.54, 1.807) is 6.07 Å². The molecule has 0 aliphatic rings. The molecule has 0 N–H and O–H groups in total. The van der Waals surface area contributed by atoms with Gasteiger partial charge in [0, 0.05) is 10.8 Å². The maximum Gasteiger partial charge on any atom is 0.262 e. The Kier molecular flexibility index (Phi) is 4.09. The van der Waals surface area contributed by atoms with Crippen molar-refractivity contribution < 1.29 is 14.3 Å². The van der Waals surface area contributed by atoms with Crippen LogP contribution in [-0.4, -0.2) is 18.5 Å². The molecule has 0 fully saturated rings. The highest BCUT2D eigenvalue weighted by Gasteiger charge is 2.12. The fraction of sp³-hybridized carbons (Fsp3) is 0.308. The van der Waals surface area contributed by atoms with Crippen molar-refractivity contribution in [2.75, 3.05) is 13.2 Å². The van der Waals surface area contributed by atoms with Crippen LogP contribution in [0.2, 0.25) is 0 Å². The van der Waals surface area contributed by atoms with E-state index >= 15 is 0 Å². The molecule has 0 aliphatic heterocycles. The predicted octanol–water partition coefficient (Wildman–Crippen LogP) is 4.08. The Morgan fingerprint density at radius 3 is 2.33 bits per heavy atom. The quantitative estimate of drug-likeness (QED) is 0.776. The van der Waals surface area contributed by atoms with Gasteiger partial charge in [-0.05, 0) is 43.0 Å². The van der Waals surface area contributed by atoms with Gasteiger partial charge >= 0.3 is 0 Å². The SMILES string of the molecule is CCOc1cc2cc(C(=O)Cl)sc2cc1OCC. The maximum atomic E-state index is 11.1. The predicted molar refractivity (Wildman–Crippen MR) is 74.3 cm³/mol. The first-order chi connectivity index (χ1) is 8.65. The van der Waals surface area contributed by atoms with Gasteiger partial charge in [-0.3, -0.25) is 4.79 Å². The fourth-order valence-corrected chi connectivity index (χ4v) is 2.76. The Labute approximate surface area is 114 Å². The third kappa shape index (κ3) is 2.60. The largest absolute Gasteiger partial charge is 0.490 e. The molecular formula is C13H13ClO3S. The lowest BCUT2D eigenvalue weighted by Gasteiger charge is -2.10. The number of hydrogen-bond donors (Lipinski definition) is 0. The summed E-state index contributed by atoms with van der Waals surface area (Å²) in [6.07, 6.45) is 0. The van der Waals surface area contributed by atoms with E-state index in [0.29, 0.717) is 29.6 Å². The Bertz CT molecular complexity index is 534. The van der Waals surface area contributed by atoms with E-state index < -0.39 is 5.24 Å². The summed E-state index contributed by atoms with van der Waals surface area (Å²) < 4.78 is 12.0. The third-order valence-corrected chi connectivity index (χ3v) is 3.79. The van der Waals surface area contributed by atoms with Crippen LogP contribution in [0.3, 0.4) is 0 Å². The molecule has 2 aromatic rings. The average molecular weight is 285 g/mol. The van der Waals surface area contributed by atoms with Crippen LogP contribution in [0.25, 0.3) is 10.1 Å². The van der Waals surface area contributed by atoms with Gasteiger partial charge in [0.25, 0.3) is 5.24 Å². The summed E-state index contributed by atoms with van der Waals surface area (Å²) in [6.45, 7) is 4.97. The van der Waals surface area contributed by atoms with Crippen LogP contribution in [-0.2, 0) is 0 Å². The smallest absolute Gasteiger partial charge is 0.262 e. The fourth-order valence-electron chi connectivity index (χ4n) is 1.68. The van der Waals surface area contributed by atoms with Gasteiger partial charge in [0.05, 0.1) is 18.1 Å². The Balaban J connectivity index is 2.53. The summed E-state index contributed by atoms with van der Waals surface area (Å²) in [7, 11) is 0. The molecule has 1 aromatic carbocycles. The van der Waals surface area contributed by atoms with Gasteiger partial charge in [-0.2, -0.15) is 0 Å². The van der Waals surface area contributed by atoms with E-state index in [1.807, 2.05) is 26.0 Å². The van der Waals surface area contributed by atoms with E-state index in [0.717, 1.165) is 10.1 Å². The molecule has 1 heterocycles. The summed E-state index contributed by atoms with van der Waals surface area (Å²) in [5.74, 6) is 1.39. The van der Waals surface area contributed by atoms with E-state index in [2.05, 4.69) is 0 Å². The normalized spacial score (nSPS) is 10.6. The molecule has 2 rings (SSSR count). The molecule has 5 heteroatoms. The molecule has 0 amide bonds. The molecular weight excluding hydrogens is 272 g/mol. The Morgan fingerprint density at radius 2 is 1.78 bits per heavy atom. The minimum Gasteiger partial charge on any atom is -0.490 e. The van der Waals surface area contributed by atoms with Gasteiger partial charge in [0.15, 0.2) is 11.5 Å². The first-order valence-corrected chi connectivity index (χ1v) is 6.88. The molecule has 0 radical (unpaired) electrons. The zero-order valence-electron chi connectivity index (χ0n) is 10.2. The van der Waals surface area contributed by atoms with Gasteiger partial charge in [-0.1, -0.05) is 0 Å². The van der Waals surface area contributed by atoms with Crippen LogP contribution in [0.15, 0.2) is 18.2 Å². The van der Waals surface area contributed by atoms with Gasteiger partial charge in [0.2, 0.25) is 0 Å². The molecule has 1 aromatic heterocycles. The summed E-state index contributed by atoms with van der Waals surface area (Å²) in [6, 6.07) is 5.54. The van der Waals surface area contributed by atoms with Crippen molar-refractivity contribution in [1.29, 1.82) is 0 Å². The lowest BCUT2D eigenvalue weighted by Crippen LogP contribution is -1.97. The van der Waals surface area contributed by atoms with Gasteiger partial charge in [-0.25, -0.2) is 0 Å². The number of carbonyl (C=O) groups is 1. The highest BCUT2D eigenvalue weighted by molar-refractivity contribution is 7.22. The first-order valence-electron chi connectivity index (χ1n) is 5.68. The second-order valence-corrected chi connectivity index (χ2v) is 5.01. The molecule has 0 atom stereocenters. The van der Waals surface area contributed by atoms with Crippen LogP contribution in [0.4, 0.5) is 0 Å². The summed E-state index contributed by atoms with van der Waals surface area (Å²) >= 11 is 6.84. The lowest BCUT2D eigenvalue weighted by atomic mass is 10.2. The summed E-state index contributed by atoms with van der Waals surface area (Å²) in [4.78, 5) is 11.7. The van der Waals surface area contributed by atoms with Crippen molar-refractivity contribution in [3.63, 3.8) is 0 Å². The molecule has 18 heavy (non-hydrogen) atoms. The Hall–Kier alpha value is -1.26. The number of ether oxygens (including phenoxy) is 2. The zero-order chi connectivity index (χ0) is 13.1. The highest BCUT2D eigenvalue weighted by atomic mass is 35.5. The number of thiophene rings is 1. The second-order valence-electron chi connectivity index (χ2n) is 3.59. The molecule has 3 nitrogen and oxygen atoms in total. The number of halogens is 1. The molecule has 0 aliphatic carbocycles. The van der Waals surface area contributed by atoms with Crippen molar-refractivity contribution in [1.82, 2.24) is 0 Å². The van der Waals surface area contributed by atoms with Crippen molar-refractivity contribution in [2.24, 2.45) is 0 Å². The van der Waals surface area contributed by atoms with E-state index in [4.69, 9.17) is 21.1 Å². The van der Waals surface area contributed by atoms with Crippen LogP contribution < -0.4 is 9.47 Å². The lowest BCUT2D eigenvalue weighted by molar-refractivity contribution is 0.108. The van der Waals surface area contributed by atoms with Crippen molar-refractivity contribution in [3.05, 3.63) is 23.1 Å².